The van der Waals surface area contributed by atoms with E-state index >= 15 is 4.39 Å². The SMILES string of the molecule is CN1CCN(NC(=O)N2CCN(c3ccc(N4C[C@H](CNC(=O)C(F)F)OC4=O)cc3F)CCO2)CC1. The van der Waals surface area contributed by atoms with E-state index < -0.39 is 30.3 Å². The summed E-state index contributed by atoms with van der Waals surface area (Å²) in [6, 6.07) is 3.86. The Bertz CT molecular complexity index is 995. The van der Waals surface area contributed by atoms with Crippen molar-refractivity contribution >= 4 is 29.4 Å². The number of nitrogens with zero attached hydrogens (tertiary/aromatic N) is 5. The van der Waals surface area contributed by atoms with Gasteiger partial charge < -0.3 is 19.9 Å². The average Bonchev–Trinajstić information content (AvgIpc) is 3.07. The summed E-state index contributed by atoms with van der Waals surface area (Å²) in [5.74, 6) is -2.04. The fraction of sp³-hybridized carbons (Fsp3) is 0.591. The molecular weight excluding hydrogens is 499 g/mol. The zero-order valence-corrected chi connectivity index (χ0v) is 20.4. The molecule has 0 bridgehead atoms. The molecule has 0 aromatic heterocycles. The minimum Gasteiger partial charge on any atom is -0.442 e. The number of halogens is 3. The number of carbonyl (C=O) groups is 3. The molecule has 1 aromatic rings. The lowest BCUT2D eigenvalue weighted by molar-refractivity contribution is -0.132. The summed E-state index contributed by atoms with van der Waals surface area (Å²) in [4.78, 5) is 46.5. The number of ether oxygens (including phenoxy) is 1. The maximum absolute atomic E-state index is 15.1. The second-order valence-corrected chi connectivity index (χ2v) is 8.93. The first-order valence-electron chi connectivity index (χ1n) is 11.9. The molecule has 1 aromatic carbocycles. The van der Waals surface area contributed by atoms with Crippen LogP contribution in [0.5, 0.6) is 0 Å². The molecule has 0 saturated carbocycles. The van der Waals surface area contributed by atoms with Crippen molar-refractivity contribution in [3.05, 3.63) is 24.0 Å². The van der Waals surface area contributed by atoms with E-state index in [4.69, 9.17) is 9.57 Å². The van der Waals surface area contributed by atoms with E-state index in [0.29, 0.717) is 26.2 Å². The lowest BCUT2D eigenvalue weighted by atomic mass is 10.2. The van der Waals surface area contributed by atoms with E-state index in [-0.39, 0.29) is 43.6 Å². The number of anilines is 2. The molecule has 0 spiro atoms. The number of hydrazine groups is 1. The molecule has 4 amide bonds. The van der Waals surface area contributed by atoms with Crippen LogP contribution >= 0.6 is 0 Å². The van der Waals surface area contributed by atoms with Crippen molar-refractivity contribution in [2.24, 2.45) is 0 Å². The van der Waals surface area contributed by atoms with Gasteiger partial charge in [-0.1, -0.05) is 0 Å². The number of urea groups is 1. The fourth-order valence-corrected chi connectivity index (χ4v) is 4.21. The van der Waals surface area contributed by atoms with Crippen molar-refractivity contribution in [1.29, 1.82) is 0 Å². The Balaban J connectivity index is 1.31. The minimum absolute atomic E-state index is 0.0317. The summed E-state index contributed by atoms with van der Waals surface area (Å²) < 4.78 is 44.8. The molecule has 12 nitrogen and oxygen atoms in total. The van der Waals surface area contributed by atoms with E-state index in [0.717, 1.165) is 13.1 Å². The molecule has 2 N–H and O–H groups in total. The van der Waals surface area contributed by atoms with Crippen LogP contribution in [0.25, 0.3) is 0 Å². The third kappa shape index (κ3) is 6.72. The van der Waals surface area contributed by atoms with Crippen LogP contribution in [-0.2, 0) is 14.4 Å². The molecule has 3 heterocycles. The van der Waals surface area contributed by atoms with Gasteiger partial charge in [-0.25, -0.2) is 24.1 Å². The standard InChI is InChI=1S/C22H30F3N7O5/c1-28-4-7-30(8-5-28)27-21(34)32-9-6-29(10-11-36-32)18-3-2-15(12-17(18)23)31-14-16(37-22(31)35)13-26-20(33)19(24)25/h2-3,12,16,19H,4-11,13-14H2,1H3,(H,26,33)(H,27,34)/t16-/m0/s1. The maximum Gasteiger partial charge on any atom is 0.414 e. The van der Waals surface area contributed by atoms with Gasteiger partial charge in [0.25, 0.3) is 5.91 Å². The topological polar surface area (TPSA) is 110 Å². The maximum atomic E-state index is 15.1. The molecule has 1 atom stereocenters. The molecule has 0 unspecified atom stereocenters. The summed E-state index contributed by atoms with van der Waals surface area (Å²) >= 11 is 0. The number of amides is 4. The number of likely N-dealkylation sites (N-methyl/N-ethyl adjacent to an activating group) is 1. The highest BCUT2D eigenvalue weighted by atomic mass is 19.3. The second-order valence-electron chi connectivity index (χ2n) is 8.93. The predicted molar refractivity (Wildman–Crippen MR) is 126 cm³/mol. The number of piperazine rings is 1. The number of hydrogen-bond acceptors (Lipinski definition) is 8. The predicted octanol–water partition coefficient (Wildman–Crippen LogP) is 0.458. The van der Waals surface area contributed by atoms with E-state index in [1.807, 2.05) is 17.4 Å². The summed E-state index contributed by atoms with van der Waals surface area (Å²) in [6.07, 6.45) is -4.78. The molecule has 4 rings (SSSR count). The Morgan fingerprint density at radius 1 is 1.11 bits per heavy atom. The fourth-order valence-electron chi connectivity index (χ4n) is 4.21. The van der Waals surface area contributed by atoms with E-state index in [1.54, 1.807) is 11.0 Å². The molecular formula is C22H30F3N7O5. The van der Waals surface area contributed by atoms with Gasteiger partial charge in [0.1, 0.15) is 11.9 Å². The third-order valence-electron chi connectivity index (χ3n) is 6.32. The third-order valence-corrected chi connectivity index (χ3v) is 6.32. The van der Waals surface area contributed by atoms with Gasteiger partial charge in [-0.2, -0.15) is 8.78 Å². The Hall–Kier alpha value is -3.30. The van der Waals surface area contributed by atoms with Gasteiger partial charge in [-0.3, -0.25) is 20.0 Å². The van der Waals surface area contributed by atoms with Gasteiger partial charge in [0.2, 0.25) is 0 Å². The lowest BCUT2D eigenvalue weighted by Gasteiger charge is -2.33. The number of rotatable bonds is 6. The molecule has 3 aliphatic rings. The van der Waals surface area contributed by atoms with Gasteiger partial charge in [0.15, 0.2) is 0 Å². The van der Waals surface area contributed by atoms with Crippen LogP contribution in [-0.4, -0.2) is 118 Å². The number of hydrogen-bond donors (Lipinski definition) is 2. The normalized spacial score (nSPS) is 21.7. The Morgan fingerprint density at radius 3 is 2.57 bits per heavy atom. The van der Waals surface area contributed by atoms with Gasteiger partial charge in [0.05, 0.1) is 37.6 Å². The first-order valence-corrected chi connectivity index (χ1v) is 11.9. The van der Waals surface area contributed by atoms with Gasteiger partial charge in [-0.15, -0.1) is 0 Å². The summed E-state index contributed by atoms with van der Waals surface area (Å²) in [6.45, 7) is 3.83. The monoisotopic (exact) mass is 529 g/mol. The quantitative estimate of drug-likeness (QED) is 0.547. The lowest BCUT2D eigenvalue weighted by Crippen LogP contribution is -2.55. The minimum atomic E-state index is -3.17. The molecule has 15 heteroatoms. The number of benzene rings is 1. The zero-order chi connectivity index (χ0) is 26.5. The molecule has 3 saturated heterocycles. The molecule has 0 aliphatic carbocycles. The van der Waals surface area contributed by atoms with Crippen LogP contribution in [0.4, 0.5) is 34.1 Å². The van der Waals surface area contributed by atoms with Gasteiger partial charge >= 0.3 is 18.5 Å². The van der Waals surface area contributed by atoms with Crippen molar-refractivity contribution in [3.8, 4) is 0 Å². The van der Waals surface area contributed by atoms with E-state index in [9.17, 15) is 23.2 Å². The molecule has 3 fully saturated rings. The number of alkyl halides is 2. The Labute approximate surface area is 211 Å². The molecule has 3 aliphatic heterocycles. The number of carbonyl (C=O) groups excluding carboxylic acids is 3. The van der Waals surface area contributed by atoms with E-state index in [2.05, 4.69) is 10.3 Å². The summed E-state index contributed by atoms with van der Waals surface area (Å²) in [7, 11) is 2.02. The van der Waals surface area contributed by atoms with Crippen LogP contribution in [0.2, 0.25) is 0 Å². The Morgan fingerprint density at radius 2 is 1.86 bits per heavy atom. The first kappa shape index (κ1) is 26.8. The molecule has 204 valence electrons. The van der Waals surface area contributed by atoms with Crippen molar-refractivity contribution in [3.63, 3.8) is 0 Å². The van der Waals surface area contributed by atoms with Crippen molar-refractivity contribution in [2.75, 3.05) is 82.4 Å². The smallest absolute Gasteiger partial charge is 0.414 e. The van der Waals surface area contributed by atoms with Crippen molar-refractivity contribution < 1.29 is 37.1 Å². The second kappa shape index (κ2) is 11.8. The van der Waals surface area contributed by atoms with Crippen LogP contribution < -0.4 is 20.5 Å². The number of hydroxylamine groups is 2. The highest BCUT2D eigenvalue weighted by molar-refractivity contribution is 5.90. The zero-order valence-electron chi connectivity index (χ0n) is 20.4. The largest absolute Gasteiger partial charge is 0.442 e. The van der Waals surface area contributed by atoms with Crippen LogP contribution in [0.15, 0.2) is 18.2 Å². The van der Waals surface area contributed by atoms with E-state index in [1.165, 1.54) is 22.1 Å². The summed E-state index contributed by atoms with van der Waals surface area (Å²) in [5.41, 5.74) is 3.35. The van der Waals surface area contributed by atoms with Crippen LogP contribution in [0.1, 0.15) is 0 Å². The van der Waals surface area contributed by atoms with Crippen molar-refractivity contribution in [2.45, 2.75) is 12.5 Å². The highest BCUT2D eigenvalue weighted by Gasteiger charge is 2.34. The summed E-state index contributed by atoms with van der Waals surface area (Å²) in [5, 5.41) is 5.07. The van der Waals surface area contributed by atoms with Crippen molar-refractivity contribution in [1.82, 2.24) is 25.7 Å². The van der Waals surface area contributed by atoms with Gasteiger partial charge in [0, 0.05) is 39.3 Å². The first-order chi connectivity index (χ1) is 17.7. The average molecular weight is 530 g/mol. The van der Waals surface area contributed by atoms with Crippen LogP contribution in [0, 0.1) is 5.82 Å². The van der Waals surface area contributed by atoms with Gasteiger partial charge in [-0.05, 0) is 25.2 Å². The molecule has 0 radical (unpaired) electrons. The number of nitrogens with one attached hydrogen (secondary N) is 2. The highest BCUT2D eigenvalue weighted by Crippen LogP contribution is 2.28. The number of cyclic esters (lactones) is 1. The Kier molecular flexibility index (Phi) is 8.56. The van der Waals surface area contributed by atoms with Crippen LogP contribution in [0.3, 0.4) is 0 Å². The molecule has 37 heavy (non-hydrogen) atoms.